The minimum absolute atomic E-state index is 0.212. The maximum atomic E-state index is 13.8. The van der Waals surface area contributed by atoms with Crippen molar-refractivity contribution in [3.8, 4) is 11.8 Å². The predicted molar refractivity (Wildman–Crippen MR) is 133 cm³/mol. The minimum Gasteiger partial charge on any atom is -0.484 e. The van der Waals surface area contributed by atoms with E-state index in [9.17, 15) is 14.9 Å². The molecule has 0 aliphatic carbocycles. The van der Waals surface area contributed by atoms with Crippen LogP contribution >= 0.6 is 0 Å². The Balaban J connectivity index is 2.35. The predicted octanol–water partition coefficient (Wildman–Crippen LogP) is 4.21. The molecule has 1 aromatic heterocycles. The van der Waals surface area contributed by atoms with Crippen LogP contribution in [-0.4, -0.2) is 31.3 Å². The highest BCUT2D eigenvalue weighted by Crippen LogP contribution is 2.43. The van der Waals surface area contributed by atoms with Crippen LogP contribution < -0.4 is 10.3 Å². The molecule has 0 radical (unpaired) electrons. The molecule has 1 aliphatic rings. The Kier molecular flexibility index (Phi) is 7.11. The lowest BCUT2D eigenvalue weighted by atomic mass is 9.84. The number of carbonyl (C=O) groups is 1. The van der Waals surface area contributed by atoms with Gasteiger partial charge in [0.25, 0.3) is 5.56 Å². The fourth-order valence-electron chi connectivity index (χ4n) is 4.15. The van der Waals surface area contributed by atoms with Crippen LogP contribution in [0.15, 0.2) is 35.3 Å². The van der Waals surface area contributed by atoms with Crippen LogP contribution in [0.5, 0.6) is 5.75 Å². The summed E-state index contributed by atoms with van der Waals surface area (Å²) in [5.74, 6) is 0.0822. The Bertz CT molecular complexity index is 1190. The number of rotatable bonds is 5. The average Bonchev–Trinajstić information content (AvgIpc) is 2.72. The van der Waals surface area contributed by atoms with Crippen LogP contribution in [0, 0.1) is 11.3 Å². The molecule has 0 fully saturated rings. The average molecular weight is 483 g/mol. The molecule has 0 bridgehead atoms. The van der Waals surface area contributed by atoms with Crippen LogP contribution in [0.4, 0.5) is 0 Å². The van der Waals surface area contributed by atoms with E-state index in [0.717, 1.165) is 5.56 Å². The summed E-state index contributed by atoms with van der Waals surface area (Å²) in [7, 11) is -1.36. The molecule has 8 heteroatoms. The van der Waals surface area contributed by atoms with E-state index in [1.807, 2.05) is 26.1 Å². The van der Waals surface area contributed by atoms with E-state index < -0.39 is 32.8 Å². The molecule has 3 rings (SSSR count). The van der Waals surface area contributed by atoms with Crippen molar-refractivity contribution in [1.29, 1.82) is 5.26 Å². The normalized spacial score (nSPS) is 19.2. The van der Waals surface area contributed by atoms with Crippen molar-refractivity contribution in [2.75, 3.05) is 0 Å². The van der Waals surface area contributed by atoms with Crippen molar-refractivity contribution >= 4 is 15.0 Å². The zero-order valence-corrected chi connectivity index (χ0v) is 22.4. The lowest BCUT2D eigenvalue weighted by Gasteiger charge is -2.44. The zero-order chi connectivity index (χ0) is 25.4. The Labute approximate surface area is 203 Å². The van der Waals surface area contributed by atoms with E-state index in [4.69, 9.17) is 13.9 Å². The molecule has 34 heavy (non-hydrogen) atoms. The smallest absolute Gasteiger partial charge is 0.303 e. The molecule has 0 unspecified atom stereocenters. The molecule has 182 valence electrons. The molecule has 7 nitrogen and oxygen atoms in total. The van der Waals surface area contributed by atoms with Crippen molar-refractivity contribution in [2.24, 2.45) is 0 Å². The van der Waals surface area contributed by atoms with Crippen molar-refractivity contribution in [1.82, 2.24) is 4.57 Å². The summed E-state index contributed by atoms with van der Waals surface area (Å²) in [6.45, 7) is 15.6. The number of carbonyl (C=O) groups excluding carboxylic acids is 1. The topological polar surface area (TPSA) is 90.5 Å². The first-order chi connectivity index (χ1) is 15.7. The van der Waals surface area contributed by atoms with E-state index in [1.165, 1.54) is 6.92 Å². The number of esters is 1. The standard InChI is InChI=1S/C26H34N2O5Si/c1-16(29)32-23-22(20-11-17(13-27)9-10-21(20)33-26(23,5)6)28-14-19(25(2,3)4)12-18(24(28)30)15-31-34(7)8/h9-12,14,22-23,34H,15H2,1-8H3/t22-,23+/m0/s1. The van der Waals surface area contributed by atoms with Crippen LogP contribution in [0.2, 0.25) is 13.1 Å². The number of aromatic nitrogens is 1. The molecule has 0 saturated carbocycles. The van der Waals surface area contributed by atoms with Gasteiger partial charge in [-0.05, 0) is 62.2 Å². The third-order valence-electron chi connectivity index (χ3n) is 5.95. The maximum Gasteiger partial charge on any atom is 0.303 e. The number of hydrogen-bond donors (Lipinski definition) is 0. The number of nitriles is 1. The lowest BCUT2D eigenvalue weighted by molar-refractivity contribution is -0.163. The molecule has 0 saturated heterocycles. The zero-order valence-electron chi connectivity index (χ0n) is 21.3. The third-order valence-corrected chi connectivity index (χ3v) is 6.78. The van der Waals surface area contributed by atoms with E-state index >= 15 is 0 Å². The summed E-state index contributed by atoms with van der Waals surface area (Å²) < 4.78 is 19.6. The van der Waals surface area contributed by atoms with Crippen molar-refractivity contribution in [3.63, 3.8) is 0 Å². The summed E-state index contributed by atoms with van der Waals surface area (Å²) in [4.78, 5) is 26.0. The monoisotopic (exact) mass is 482 g/mol. The first-order valence-electron chi connectivity index (χ1n) is 11.5. The second-order valence-corrected chi connectivity index (χ2v) is 13.1. The summed E-state index contributed by atoms with van der Waals surface area (Å²) in [5, 5.41) is 9.52. The van der Waals surface area contributed by atoms with Crippen molar-refractivity contribution in [2.45, 2.75) is 84.4 Å². The largest absolute Gasteiger partial charge is 0.484 e. The van der Waals surface area contributed by atoms with E-state index in [0.29, 0.717) is 22.4 Å². The van der Waals surface area contributed by atoms with E-state index in [1.54, 1.807) is 22.8 Å². The molecular formula is C26H34N2O5Si. The minimum atomic E-state index is -1.36. The highest BCUT2D eigenvalue weighted by molar-refractivity contribution is 6.48. The van der Waals surface area contributed by atoms with Crippen LogP contribution in [0.25, 0.3) is 0 Å². The van der Waals surface area contributed by atoms with Crippen molar-refractivity contribution < 1.29 is 18.7 Å². The quantitative estimate of drug-likeness (QED) is 0.468. The Morgan fingerprint density at radius 3 is 2.50 bits per heavy atom. The van der Waals surface area contributed by atoms with Gasteiger partial charge < -0.3 is 18.5 Å². The molecule has 0 amide bonds. The summed E-state index contributed by atoms with van der Waals surface area (Å²) in [5.41, 5.74) is 1.20. The van der Waals surface area contributed by atoms with E-state index in [-0.39, 0.29) is 17.6 Å². The Hall–Kier alpha value is -2.89. The highest BCUT2D eigenvalue weighted by Gasteiger charge is 2.48. The van der Waals surface area contributed by atoms with Gasteiger partial charge in [-0.1, -0.05) is 20.8 Å². The van der Waals surface area contributed by atoms with Gasteiger partial charge in [0.15, 0.2) is 15.1 Å². The first-order valence-corrected chi connectivity index (χ1v) is 14.3. The fraction of sp³-hybridized carbons (Fsp3) is 0.500. The van der Waals surface area contributed by atoms with Gasteiger partial charge in [0.1, 0.15) is 17.4 Å². The van der Waals surface area contributed by atoms with Gasteiger partial charge >= 0.3 is 5.97 Å². The van der Waals surface area contributed by atoms with Crippen LogP contribution in [0.1, 0.15) is 69.8 Å². The molecule has 0 spiro atoms. The maximum absolute atomic E-state index is 13.8. The van der Waals surface area contributed by atoms with Crippen LogP contribution in [-0.2, 0) is 26.0 Å². The van der Waals surface area contributed by atoms with Crippen LogP contribution in [0.3, 0.4) is 0 Å². The molecule has 2 heterocycles. The third kappa shape index (κ3) is 5.26. The molecule has 2 aromatic rings. The summed E-state index contributed by atoms with van der Waals surface area (Å²) in [6.07, 6.45) is 1.04. The number of hydrogen-bond acceptors (Lipinski definition) is 6. The fourth-order valence-corrected chi connectivity index (χ4v) is 4.66. The molecule has 1 aromatic carbocycles. The lowest BCUT2D eigenvalue weighted by Crippen LogP contribution is -2.54. The second-order valence-electron chi connectivity index (χ2n) is 10.6. The number of fused-ring (bicyclic) bond motifs is 1. The van der Waals surface area contributed by atoms with Gasteiger partial charge in [-0.2, -0.15) is 5.26 Å². The highest BCUT2D eigenvalue weighted by atomic mass is 28.3. The van der Waals surface area contributed by atoms with E-state index in [2.05, 4.69) is 39.9 Å². The first kappa shape index (κ1) is 25.7. The Morgan fingerprint density at radius 2 is 1.94 bits per heavy atom. The van der Waals surface area contributed by atoms with Crippen molar-refractivity contribution in [3.05, 3.63) is 63.1 Å². The summed E-state index contributed by atoms with van der Waals surface area (Å²) in [6, 6.07) is 8.51. The van der Waals surface area contributed by atoms with Gasteiger partial charge in [0, 0.05) is 24.2 Å². The van der Waals surface area contributed by atoms with Gasteiger partial charge in [-0.15, -0.1) is 0 Å². The van der Waals surface area contributed by atoms with Gasteiger partial charge in [0.05, 0.1) is 18.2 Å². The summed E-state index contributed by atoms with van der Waals surface area (Å²) >= 11 is 0. The number of ether oxygens (including phenoxy) is 2. The molecule has 2 atom stereocenters. The van der Waals surface area contributed by atoms with Gasteiger partial charge in [-0.3, -0.25) is 9.59 Å². The molecule has 0 N–H and O–H groups in total. The van der Waals surface area contributed by atoms with Gasteiger partial charge in [-0.25, -0.2) is 0 Å². The molecule has 1 aliphatic heterocycles. The number of nitrogens with zero attached hydrogens (tertiary/aromatic N) is 2. The number of pyridine rings is 1. The second kappa shape index (κ2) is 9.39. The van der Waals surface area contributed by atoms with Gasteiger partial charge in [0.2, 0.25) is 0 Å². The molecular weight excluding hydrogens is 448 g/mol. The SMILES string of the molecule is CC(=O)O[C@@H]1[C@@H](n2cc(C(C)(C)C)cc(CO[SiH](C)C)c2=O)c2cc(C#N)ccc2OC1(C)C. The Morgan fingerprint density at radius 1 is 1.26 bits per heavy atom. The number of benzene rings is 1.